The van der Waals surface area contributed by atoms with E-state index in [0.29, 0.717) is 33.8 Å². The highest BCUT2D eigenvalue weighted by molar-refractivity contribution is 7.30. The Morgan fingerprint density at radius 2 is 1.57 bits per heavy atom. The summed E-state index contributed by atoms with van der Waals surface area (Å²) in [5.74, 6) is -1.11. The van der Waals surface area contributed by atoms with E-state index in [1.165, 1.54) is 22.7 Å². The number of hydrogen-bond acceptors (Lipinski definition) is 13. The molecule has 0 unspecified atom stereocenters. The van der Waals surface area contributed by atoms with Crippen LogP contribution in [0.4, 0.5) is 27.2 Å². The molecule has 0 aliphatic rings. The molecule has 0 saturated heterocycles. The lowest BCUT2D eigenvalue weighted by molar-refractivity contribution is -0.138. The molecule has 0 radical (unpaired) electrons. The average molecular weight is 701 g/mol. The van der Waals surface area contributed by atoms with Crippen molar-refractivity contribution in [3.8, 4) is 5.75 Å². The number of azo groups is 2. The summed E-state index contributed by atoms with van der Waals surface area (Å²) < 4.78 is 16.6. The second-order valence-corrected chi connectivity index (χ2v) is 11.1. The van der Waals surface area contributed by atoms with Gasteiger partial charge in [0, 0.05) is 40.1 Å². The van der Waals surface area contributed by atoms with Crippen molar-refractivity contribution in [3.63, 3.8) is 0 Å². The molecule has 0 aliphatic carbocycles. The highest BCUT2D eigenvalue weighted by Crippen LogP contribution is 2.39. The number of aromatic nitrogens is 1. The lowest BCUT2D eigenvalue weighted by atomic mass is 10.2. The molecular formula is C36H40N6O5S2. The van der Waals surface area contributed by atoms with Crippen LogP contribution < -0.4 is 9.64 Å². The zero-order chi connectivity index (χ0) is 34.8. The number of thiazole rings is 1. The van der Waals surface area contributed by atoms with Crippen molar-refractivity contribution in [2.75, 3.05) is 24.6 Å². The van der Waals surface area contributed by atoms with Gasteiger partial charge in [-0.05, 0) is 96.8 Å². The van der Waals surface area contributed by atoms with E-state index in [4.69, 9.17) is 14.2 Å². The number of nitrogens with zero attached hydrogens (tertiary/aromatic N) is 6. The molecule has 13 heteroatoms. The quantitative estimate of drug-likeness (QED) is 0.0421. The van der Waals surface area contributed by atoms with E-state index in [2.05, 4.69) is 90.2 Å². The summed E-state index contributed by atoms with van der Waals surface area (Å²) in [6.45, 7) is 13.7. The minimum absolute atomic E-state index is 0. The Labute approximate surface area is 299 Å². The van der Waals surface area contributed by atoms with Crippen molar-refractivity contribution in [1.82, 2.24) is 4.98 Å². The van der Waals surface area contributed by atoms with Gasteiger partial charge in [-0.25, -0.2) is 14.6 Å². The largest absolute Gasteiger partial charge is 0.461 e. The number of hydrogen-bond donors (Lipinski definition) is 0. The van der Waals surface area contributed by atoms with Crippen LogP contribution >= 0.6 is 22.7 Å². The van der Waals surface area contributed by atoms with Crippen molar-refractivity contribution >= 4 is 71.3 Å². The van der Waals surface area contributed by atoms with Crippen LogP contribution in [0, 0.1) is 0 Å². The monoisotopic (exact) mass is 700 g/mol. The van der Waals surface area contributed by atoms with Gasteiger partial charge in [0.25, 0.3) is 0 Å². The molecule has 256 valence electrons. The van der Waals surface area contributed by atoms with Gasteiger partial charge in [-0.1, -0.05) is 41.6 Å². The van der Waals surface area contributed by atoms with Gasteiger partial charge in [-0.2, -0.15) is 0 Å². The van der Waals surface area contributed by atoms with E-state index in [9.17, 15) is 9.59 Å². The summed E-state index contributed by atoms with van der Waals surface area (Å²) in [6, 6.07) is 16.1. The van der Waals surface area contributed by atoms with Gasteiger partial charge in [-0.3, -0.25) is 0 Å². The smallest absolute Gasteiger partial charge is 0.350 e. The fraction of sp³-hybridized carbons (Fsp3) is 0.111. The summed E-state index contributed by atoms with van der Waals surface area (Å²) in [4.78, 5) is 30.4. The fourth-order valence-corrected chi connectivity index (χ4v) is 5.49. The number of fused-ring (bicyclic) bond motifs is 1. The minimum Gasteiger partial charge on any atom is -0.461 e. The second-order valence-electron chi connectivity index (χ2n) is 9.05. The van der Waals surface area contributed by atoms with Crippen LogP contribution in [0.25, 0.3) is 9.53 Å². The first kappa shape index (κ1) is 35.3. The van der Waals surface area contributed by atoms with Crippen LogP contribution in [0.1, 0.15) is 16.9 Å². The van der Waals surface area contributed by atoms with Crippen LogP contribution in [0.5, 0.6) is 5.75 Å². The number of anilines is 1. The maximum atomic E-state index is 11.7. The minimum atomic E-state index is -0.738. The first-order valence-corrected chi connectivity index (χ1v) is 15.9. The van der Waals surface area contributed by atoms with Crippen LogP contribution in [0.3, 0.4) is 0 Å². The molecule has 4 rings (SSSR count). The summed E-state index contributed by atoms with van der Waals surface area (Å²) in [5, 5.41) is 18.4. The van der Waals surface area contributed by atoms with Crippen LogP contribution in [-0.2, 0) is 19.1 Å². The van der Waals surface area contributed by atoms with E-state index < -0.39 is 11.9 Å². The SMILES string of the molecule is C=C=C=C=C=C=C=C=C(OC(=O)C=C)Oc1ccc(N=Nc2cc3sc(N=Nc4ccc(N(CC)CCOC(=O)C=C)cc4)nc3s2)cc1.[HH].[HH].[HH].[HH].[HH].[HH].[HH]. The standard InChI is InChI=1S/C36H26N6O5S2.7H2/c1-5-9-10-11-12-13-14-34(47-33(44)7-3)46-29-21-17-27(18-22-29)38-40-31-25-30-35(49-31)37-36(48-30)41-39-26-15-19-28(20-16-26)42(8-4)23-24-45-32(43)6-2;;;;;;;/h6-7,15-22,25H,1-3,8,23-24H2,4H3;7*1H. The molecule has 2 aromatic heterocycles. The number of rotatable bonds is 14. The molecule has 4 aromatic rings. The lowest BCUT2D eigenvalue weighted by Crippen LogP contribution is -2.27. The Kier molecular flexibility index (Phi) is 13.4. The summed E-state index contributed by atoms with van der Waals surface area (Å²) >= 11 is 2.77. The Morgan fingerprint density at radius 3 is 2.24 bits per heavy atom. The number of esters is 2. The number of thiophene rings is 1. The molecule has 11 nitrogen and oxygen atoms in total. The van der Waals surface area contributed by atoms with Gasteiger partial charge in [-0.15, -0.1) is 20.5 Å². The van der Waals surface area contributed by atoms with Gasteiger partial charge in [0.2, 0.25) is 5.13 Å². The predicted octanol–water partition coefficient (Wildman–Crippen LogP) is 11.1. The molecular weight excluding hydrogens is 661 g/mol. The number of carbonyl (C=O) groups excluding carboxylic acids is 2. The van der Waals surface area contributed by atoms with E-state index in [1.807, 2.05) is 37.3 Å². The van der Waals surface area contributed by atoms with Crippen molar-refractivity contribution < 1.29 is 33.8 Å². The van der Waals surface area contributed by atoms with Gasteiger partial charge >= 0.3 is 17.9 Å². The van der Waals surface area contributed by atoms with Gasteiger partial charge in [0.1, 0.15) is 22.2 Å². The molecule has 49 heavy (non-hydrogen) atoms. The lowest BCUT2D eigenvalue weighted by Gasteiger charge is -2.22. The first-order valence-electron chi connectivity index (χ1n) is 14.3. The van der Waals surface area contributed by atoms with Crippen molar-refractivity contribution in [2.45, 2.75) is 6.92 Å². The molecule has 0 N–H and O–H groups in total. The predicted molar refractivity (Wildman–Crippen MR) is 203 cm³/mol. The van der Waals surface area contributed by atoms with E-state index in [0.717, 1.165) is 33.9 Å². The summed E-state index contributed by atoms with van der Waals surface area (Å²) in [6.07, 6.45) is 2.13. The third kappa shape index (κ3) is 11.3. The molecule has 0 saturated carbocycles. The van der Waals surface area contributed by atoms with Gasteiger partial charge in [0.15, 0.2) is 0 Å². The van der Waals surface area contributed by atoms with Crippen LogP contribution in [0.2, 0.25) is 0 Å². The highest BCUT2D eigenvalue weighted by atomic mass is 32.1. The second kappa shape index (κ2) is 18.6. The maximum Gasteiger partial charge on any atom is 0.350 e. The Morgan fingerprint density at radius 1 is 0.898 bits per heavy atom. The Balaban J connectivity index is -0.00000193. The zero-order valence-electron chi connectivity index (χ0n) is 26.1. The third-order valence-corrected chi connectivity index (χ3v) is 7.79. The van der Waals surface area contributed by atoms with Crippen molar-refractivity contribution in [3.05, 3.63) is 133 Å². The summed E-state index contributed by atoms with van der Waals surface area (Å²) in [7, 11) is 0. The van der Waals surface area contributed by atoms with Crippen molar-refractivity contribution in [1.29, 1.82) is 0 Å². The zero-order valence-corrected chi connectivity index (χ0v) is 27.8. The fourth-order valence-electron chi connectivity index (χ4n) is 3.64. The highest BCUT2D eigenvalue weighted by Gasteiger charge is 2.10. The van der Waals surface area contributed by atoms with Gasteiger partial charge in [0.05, 0.1) is 22.6 Å². The Hall–Kier alpha value is -6.55. The molecule has 0 amide bonds. The normalized spacial score (nSPS) is 10.1. The molecule has 0 fully saturated rings. The number of benzene rings is 2. The molecule has 0 spiro atoms. The van der Waals surface area contributed by atoms with E-state index in [-0.39, 0.29) is 22.5 Å². The average Bonchev–Trinajstić information content (AvgIpc) is 3.69. The number of carbonyl (C=O) groups is 2. The molecule has 0 atom stereocenters. The van der Waals surface area contributed by atoms with E-state index in [1.54, 1.807) is 24.3 Å². The summed E-state index contributed by atoms with van der Waals surface area (Å²) in [5.41, 5.74) is 19.5. The van der Waals surface area contributed by atoms with E-state index >= 15 is 0 Å². The molecule has 2 aromatic carbocycles. The topological polar surface area (TPSA) is 127 Å². The number of ether oxygens (including phenoxy) is 3. The van der Waals surface area contributed by atoms with Crippen LogP contribution in [0.15, 0.2) is 153 Å². The number of likely N-dealkylation sites (N-methyl/N-ethyl adjacent to an activating group) is 1. The van der Waals surface area contributed by atoms with Gasteiger partial charge < -0.3 is 19.1 Å². The first-order chi connectivity index (χ1) is 23.9. The molecule has 2 heterocycles. The van der Waals surface area contributed by atoms with Crippen molar-refractivity contribution in [2.24, 2.45) is 20.5 Å². The third-order valence-electron chi connectivity index (χ3n) is 5.86. The Bertz CT molecular complexity index is 2190. The van der Waals surface area contributed by atoms with Crippen LogP contribution in [-0.4, -0.2) is 36.6 Å². The molecule has 0 bridgehead atoms. The molecule has 0 aliphatic heterocycles. The maximum absolute atomic E-state index is 11.7.